The van der Waals surface area contributed by atoms with E-state index in [2.05, 4.69) is 47.7 Å². The number of nitrogens with zero attached hydrogens (tertiary/aromatic N) is 5. The van der Waals surface area contributed by atoms with E-state index in [-0.39, 0.29) is 44.8 Å². The largest absolute Gasteiger partial charge is 0.324 e. The molecule has 54 heavy (non-hydrogen) atoms. The van der Waals surface area contributed by atoms with Gasteiger partial charge in [0, 0.05) is 29.1 Å². The first-order valence-corrected chi connectivity index (χ1v) is 20.6. The molecule has 1 amide bonds. The molecule has 4 aromatic carbocycles. The molecule has 282 valence electrons. The number of halogens is 1. The van der Waals surface area contributed by atoms with Gasteiger partial charge in [-0.3, -0.25) is 18.5 Å². The third kappa shape index (κ3) is 9.36. The van der Waals surface area contributed by atoms with Gasteiger partial charge in [0.15, 0.2) is 9.84 Å². The molecule has 0 unspecified atom stereocenters. The van der Waals surface area contributed by atoms with Gasteiger partial charge < -0.3 is 16.0 Å². The third-order valence-corrected chi connectivity index (χ3v) is 11.0. The maximum Gasteiger partial charge on any atom is 0.296 e. The monoisotopic (exact) mass is 838 g/mol. The third-order valence-electron chi connectivity index (χ3n) is 6.90. The van der Waals surface area contributed by atoms with Gasteiger partial charge in [-0.1, -0.05) is 12.6 Å². The minimum Gasteiger partial charge on any atom is -0.324 e. The molecule has 0 fully saturated rings. The fraction of sp³-hybridized carbons (Fsp3) is 0.0345. The van der Waals surface area contributed by atoms with Crippen LogP contribution in [0.3, 0.4) is 0 Å². The molecule has 6 N–H and O–H groups in total. The average Bonchev–Trinajstić information content (AvgIpc) is 3.05. The van der Waals surface area contributed by atoms with Crippen molar-refractivity contribution in [2.45, 2.75) is 26.5 Å². The molecule has 0 bridgehead atoms. The summed E-state index contributed by atoms with van der Waals surface area (Å²) in [6.45, 7) is 4.46. The van der Waals surface area contributed by atoms with Crippen molar-refractivity contribution in [2.75, 3.05) is 16.0 Å². The van der Waals surface area contributed by atoms with Crippen molar-refractivity contribution in [3.8, 4) is 0 Å². The second kappa shape index (κ2) is 14.7. The molecule has 0 aliphatic carbocycles. The van der Waals surface area contributed by atoms with E-state index < -0.39 is 77.2 Å². The van der Waals surface area contributed by atoms with Crippen molar-refractivity contribution in [3.05, 3.63) is 84.0 Å². The quantitative estimate of drug-likeness (QED) is 0.0695. The number of sulfone groups is 1. The number of carbonyl (C=O) groups is 1. The topological polar surface area (TPSA) is 314 Å². The molecule has 0 radical (unpaired) electrons. The van der Waals surface area contributed by atoms with Crippen LogP contribution in [0, 0.1) is 0 Å². The first-order chi connectivity index (χ1) is 25.0. The van der Waals surface area contributed by atoms with Gasteiger partial charge in [-0.15, -0.1) is 10.2 Å². The normalized spacial score (nSPS) is 12.5. The minimum atomic E-state index is -5.19. The van der Waals surface area contributed by atoms with Gasteiger partial charge in [-0.25, -0.2) is 8.42 Å². The molecule has 20 nitrogen and oxygen atoms in total. The molecule has 5 rings (SSSR count). The van der Waals surface area contributed by atoms with Crippen LogP contribution in [-0.4, -0.2) is 68.2 Å². The highest BCUT2D eigenvalue weighted by atomic mass is 35.5. The van der Waals surface area contributed by atoms with Gasteiger partial charge >= 0.3 is 0 Å². The highest BCUT2D eigenvalue weighted by Crippen LogP contribution is 2.37. The van der Waals surface area contributed by atoms with Crippen LogP contribution in [0.4, 0.5) is 40.3 Å². The number of amides is 1. The highest BCUT2D eigenvalue weighted by Gasteiger charge is 2.25. The molecular formula is C29H23ClN8O12S4. The number of azo groups is 1. The Labute approximate surface area is 311 Å². The molecule has 0 aliphatic rings. The SMILES string of the molecule is C=CS(=O)(=O)c1cccc(Nc2nc(Cl)nc(Nc3ccc(N=Nc4cc5c(S(=O)(=O)O)cc(S(=O)(=O)O)cc5cc4S(=O)(=O)O)c(NC(C)=O)c3)n2)c1. The summed E-state index contributed by atoms with van der Waals surface area (Å²) in [6, 6.07) is 12.3. The summed E-state index contributed by atoms with van der Waals surface area (Å²) in [5.74, 6) is -0.790. The number of aromatic nitrogens is 3. The zero-order valence-electron chi connectivity index (χ0n) is 26.9. The summed E-state index contributed by atoms with van der Waals surface area (Å²) in [5.41, 5.74) is -0.311. The van der Waals surface area contributed by atoms with Gasteiger partial charge in [-0.05, 0) is 77.7 Å². The van der Waals surface area contributed by atoms with Crippen LogP contribution in [0.25, 0.3) is 10.8 Å². The zero-order valence-corrected chi connectivity index (χ0v) is 30.9. The summed E-state index contributed by atoms with van der Waals surface area (Å²) in [7, 11) is -19.1. The Morgan fingerprint density at radius 1 is 0.722 bits per heavy atom. The summed E-state index contributed by atoms with van der Waals surface area (Å²) >= 11 is 6.10. The number of nitrogens with one attached hydrogen (secondary N) is 3. The van der Waals surface area contributed by atoms with Crippen LogP contribution in [-0.2, 0) is 45.0 Å². The summed E-state index contributed by atoms with van der Waals surface area (Å²) < 4.78 is 126. The van der Waals surface area contributed by atoms with Gasteiger partial charge in [0.2, 0.25) is 23.1 Å². The van der Waals surface area contributed by atoms with E-state index >= 15 is 0 Å². The Bertz CT molecular complexity index is 2870. The van der Waals surface area contributed by atoms with E-state index in [0.29, 0.717) is 18.2 Å². The lowest BCUT2D eigenvalue weighted by atomic mass is 10.1. The summed E-state index contributed by atoms with van der Waals surface area (Å²) in [6.07, 6.45) is 0. The number of rotatable bonds is 12. The Hall–Kier alpha value is -5.47. The maximum atomic E-state index is 12.3. The van der Waals surface area contributed by atoms with E-state index in [1.807, 2.05) is 0 Å². The van der Waals surface area contributed by atoms with Crippen LogP contribution in [0.1, 0.15) is 6.92 Å². The van der Waals surface area contributed by atoms with Crippen molar-refractivity contribution in [2.24, 2.45) is 10.2 Å². The van der Waals surface area contributed by atoms with E-state index in [9.17, 15) is 52.1 Å². The Morgan fingerprint density at radius 2 is 1.33 bits per heavy atom. The molecule has 1 heterocycles. The van der Waals surface area contributed by atoms with E-state index in [1.165, 1.54) is 36.4 Å². The lowest BCUT2D eigenvalue weighted by molar-refractivity contribution is -0.114. The molecule has 0 spiro atoms. The Balaban J connectivity index is 1.53. The van der Waals surface area contributed by atoms with Crippen LogP contribution < -0.4 is 16.0 Å². The van der Waals surface area contributed by atoms with Gasteiger partial charge in [-0.2, -0.15) is 40.2 Å². The van der Waals surface area contributed by atoms with E-state index in [4.69, 9.17) is 11.6 Å². The molecule has 0 saturated heterocycles. The average molecular weight is 839 g/mol. The van der Waals surface area contributed by atoms with Crippen molar-refractivity contribution in [1.29, 1.82) is 0 Å². The number of carbonyl (C=O) groups excluding carboxylic acids is 1. The number of fused-ring (bicyclic) bond motifs is 1. The lowest BCUT2D eigenvalue weighted by Gasteiger charge is -2.12. The Morgan fingerprint density at radius 3 is 1.91 bits per heavy atom. The second-order valence-corrected chi connectivity index (χ2v) is 17.2. The molecule has 0 aliphatic heterocycles. The number of hydrogen-bond donors (Lipinski definition) is 6. The summed E-state index contributed by atoms with van der Waals surface area (Å²) in [5, 5.41) is 15.5. The predicted octanol–water partition coefficient (Wildman–Crippen LogP) is 5.20. The fourth-order valence-electron chi connectivity index (χ4n) is 4.63. The number of anilines is 5. The Kier molecular flexibility index (Phi) is 10.9. The van der Waals surface area contributed by atoms with Crippen LogP contribution in [0.15, 0.2) is 109 Å². The standard InChI is InChI=1S/C29H23ClN8O12S4/c1-3-51(40,41)19-6-4-5-17(11-19)32-28-34-27(30)35-29(36-28)33-18-7-8-22(23(12-18)31-15(2)39)37-38-24-14-21-16(10-26(24)54(48,49)50)9-20(52(42,43)44)13-25(21)53(45,46)47/h3-14H,1H2,2H3,(H,31,39)(H,42,43,44)(H,45,46,47)(H,48,49,50)(H2,32,33,34,35,36). The molecule has 1 aromatic heterocycles. The highest BCUT2D eigenvalue weighted by molar-refractivity contribution is 7.94. The van der Waals surface area contributed by atoms with Gasteiger partial charge in [0.25, 0.3) is 30.4 Å². The van der Waals surface area contributed by atoms with Crippen molar-refractivity contribution in [3.63, 3.8) is 0 Å². The van der Waals surface area contributed by atoms with E-state index in [0.717, 1.165) is 18.4 Å². The maximum absolute atomic E-state index is 12.3. The fourth-order valence-corrected chi connectivity index (χ4v) is 7.53. The zero-order chi connectivity index (χ0) is 39.8. The predicted molar refractivity (Wildman–Crippen MR) is 194 cm³/mol. The van der Waals surface area contributed by atoms with Gasteiger partial charge in [0.05, 0.1) is 15.5 Å². The lowest BCUT2D eigenvalue weighted by Crippen LogP contribution is -2.07. The first-order valence-electron chi connectivity index (χ1n) is 14.3. The van der Waals surface area contributed by atoms with Crippen molar-refractivity contribution >= 4 is 109 Å². The number of benzene rings is 4. The van der Waals surface area contributed by atoms with Crippen LogP contribution in [0.2, 0.25) is 5.28 Å². The smallest absolute Gasteiger partial charge is 0.296 e. The molecule has 25 heteroatoms. The molecular weight excluding hydrogens is 816 g/mol. The van der Waals surface area contributed by atoms with Gasteiger partial charge in [0.1, 0.15) is 21.2 Å². The van der Waals surface area contributed by atoms with Crippen molar-refractivity contribution in [1.82, 2.24) is 15.0 Å². The molecule has 5 aromatic rings. The number of hydrogen-bond acceptors (Lipinski definition) is 16. The summed E-state index contributed by atoms with van der Waals surface area (Å²) in [4.78, 5) is 21.2. The van der Waals surface area contributed by atoms with E-state index in [1.54, 1.807) is 6.07 Å². The second-order valence-electron chi connectivity index (χ2n) is 10.7. The van der Waals surface area contributed by atoms with Crippen LogP contribution >= 0.6 is 11.6 Å². The molecule has 0 saturated carbocycles. The first kappa shape index (κ1) is 39.7. The minimum absolute atomic E-state index is 0.0272. The van der Waals surface area contributed by atoms with Crippen molar-refractivity contribution < 1.29 is 52.1 Å². The molecule has 0 atom stereocenters. The van der Waals surface area contributed by atoms with Crippen LogP contribution in [0.5, 0.6) is 0 Å².